The number of carboxylic acids is 1. The van der Waals surface area contributed by atoms with E-state index in [1.165, 1.54) is 7.05 Å². The number of amides is 4. The minimum atomic E-state index is -2.05. The molecule has 2 aliphatic heterocycles. The van der Waals surface area contributed by atoms with E-state index in [9.17, 15) is 24.0 Å². The quantitative estimate of drug-likeness (QED) is 0.300. The van der Waals surface area contributed by atoms with Crippen LogP contribution in [0.15, 0.2) is 36.4 Å². The average molecular weight is 481 g/mol. The van der Waals surface area contributed by atoms with Gasteiger partial charge in [-0.2, -0.15) is 0 Å². The number of hydrogen-bond donors (Lipinski definition) is 1. The number of nitrogens with zero attached hydrogens (tertiary/aromatic N) is 2. The number of carboxylic acid groups (broad SMARTS) is 1. The normalized spacial score (nSPS) is 14.5. The number of benzene rings is 1. The molecule has 8 nitrogen and oxygen atoms in total. The number of likely N-dealkylation sites (tertiary alicyclic amines) is 1. The van der Waals surface area contributed by atoms with Gasteiger partial charge in [0.05, 0.1) is 11.8 Å². The molecule has 0 bridgehead atoms. The van der Waals surface area contributed by atoms with E-state index in [4.69, 9.17) is 5.11 Å². The van der Waals surface area contributed by atoms with Gasteiger partial charge in [-0.1, -0.05) is 59.0 Å². The molecule has 1 aromatic carbocycles. The zero-order chi connectivity index (χ0) is 19.2. The molecule has 2 heterocycles. The molecule has 2 aliphatic rings. The van der Waals surface area contributed by atoms with Crippen LogP contribution in [-0.4, -0.2) is 46.7 Å². The van der Waals surface area contributed by atoms with Gasteiger partial charge in [0.1, 0.15) is 0 Å². The van der Waals surface area contributed by atoms with Gasteiger partial charge in [-0.3, -0.25) is 14.5 Å². The molecule has 2 saturated heterocycles. The third-order valence-corrected chi connectivity index (χ3v) is 3.31. The van der Waals surface area contributed by atoms with Crippen LogP contribution >= 0.6 is 0 Å². The van der Waals surface area contributed by atoms with Gasteiger partial charge >= 0.3 is 5.97 Å². The van der Waals surface area contributed by atoms with Crippen LogP contribution in [0.2, 0.25) is 0 Å². The molecule has 0 aromatic heterocycles. The summed E-state index contributed by atoms with van der Waals surface area (Å²) in [5.41, 5.74) is -1.15. The number of carbonyl (C=O) groups excluding carboxylic acids is 4. The molecule has 9 heteroatoms. The predicted octanol–water partition coefficient (Wildman–Crippen LogP) is 2.94. The van der Waals surface area contributed by atoms with E-state index in [1.807, 2.05) is 44.2 Å². The van der Waals surface area contributed by atoms with Crippen molar-refractivity contribution in [1.82, 2.24) is 4.90 Å². The standard InChI is InChI=1S/C9H8O2.C6H4N2O4.C2H6.2CH4.CH3.Y/c10-9(11)7-6-8-4-2-1-3-5-8;1-8-4(11)6(5(8)12)2(9)7-3(6)10;1-2;;;;/h1-7H,(H,10,11);1H3,(H,7,9,10);1-2H3;2*1H4;1H3;/q;;;;;-1;/p-1/b7-6+;;;;;;. The van der Waals surface area contributed by atoms with Crippen LogP contribution in [0.3, 0.4) is 0 Å². The Kier molecular flexibility index (Phi) is 17.5. The Morgan fingerprint density at radius 3 is 1.72 bits per heavy atom. The van der Waals surface area contributed by atoms with Crippen molar-refractivity contribution in [3.05, 3.63) is 54.7 Å². The number of hydrogen-bond acceptors (Lipinski definition) is 5. The van der Waals surface area contributed by atoms with Gasteiger partial charge in [0, 0.05) is 45.8 Å². The van der Waals surface area contributed by atoms with Gasteiger partial charge in [0.2, 0.25) is 5.41 Å². The van der Waals surface area contributed by atoms with Crippen molar-refractivity contribution >= 4 is 35.7 Å². The SMILES string of the molecule is C.C.CC.CN1C(=O)C2(C(=O)[N-]C2=O)C1=O.O=C(O)/C=C/c1ccccc1.[CH3-].[Y]. The number of rotatable bonds is 2. The van der Waals surface area contributed by atoms with Gasteiger partial charge in [-0.15, -0.1) is 0 Å². The van der Waals surface area contributed by atoms with Crippen LogP contribution < -0.4 is 0 Å². The van der Waals surface area contributed by atoms with Gasteiger partial charge < -0.3 is 27.4 Å². The van der Waals surface area contributed by atoms with Crippen LogP contribution in [0.4, 0.5) is 0 Å². The van der Waals surface area contributed by atoms with Gasteiger partial charge in [-0.05, 0) is 11.6 Å². The van der Waals surface area contributed by atoms with Crippen molar-refractivity contribution in [2.45, 2.75) is 28.7 Å². The number of aliphatic carboxylic acids is 1. The van der Waals surface area contributed by atoms with E-state index in [1.54, 1.807) is 6.08 Å². The van der Waals surface area contributed by atoms with E-state index in [-0.39, 0.29) is 55.0 Å². The van der Waals surface area contributed by atoms with Crippen LogP contribution in [0.25, 0.3) is 11.4 Å². The minimum absolute atomic E-state index is 0. The topological polar surface area (TPSA) is 123 Å². The average Bonchev–Trinajstić information content (AvgIpc) is 2.63. The van der Waals surface area contributed by atoms with Crippen molar-refractivity contribution in [2.24, 2.45) is 5.41 Å². The minimum Gasteiger partial charge on any atom is -0.592 e. The van der Waals surface area contributed by atoms with Crippen molar-refractivity contribution in [3.63, 3.8) is 0 Å². The van der Waals surface area contributed by atoms with E-state index in [0.717, 1.165) is 16.5 Å². The molecule has 4 amide bonds. The van der Waals surface area contributed by atoms with Gasteiger partial charge in [0.15, 0.2) is 0 Å². The molecule has 1 spiro atoms. The van der Waals surface area contributed by atoms with Crippen LogP contribution in [0.5, 0.6) is 0 Å². The van der Waals surface area contributed by atoms with E-state index < -0.39 is 35.0 Å². The molecule has 0 saturated carbocycles. The van der Waals surface area contributed by atoms with Crippen molar-refractivity contribution in [2.75, 3.05) is 7.05 Å². The molecule has 1 radical (unpaired) electrons. The van der Waals surface area contributed by atoms with Crippen LogP contribution in [0, 0.1) is 12.8 Å². The fourth-order valence-electron chi connectivity index (χ4n) is 2.03. The van der Waals surface area contributed by atoms with Crippen LogP contribution in [0.1, 0.15) is 34.3 Å². The monoisotopic (exact) mass is 481 g/mol. The van der Waals surface area contributed by atoms with E-state index >= 15 is 0 Å². The number of imide groups is 2. The molecule has 1 aromatic rings. The summed E-state index contributed by atoms with van der Waals surface area (Å²) >= 11 is 0. The first-order valence-corrected chi connectivity index (χ1v) is 7.41. The summed E-state index contributed by atoms with van der Waals surface area (Å²) in [6.45, 7) is 4.00. The van der Waals surface area contributed by atoms with Gasteiger partial charge in [-0.25, -0.2) is 4.79 Å². The Morgan fingerprint density at radius 1 is 1.00 bits per heavy atom. The molecular formula is C20H28N2O6Y-2. The first kappa shape index (κ1) is 34.3. The third kappa shape index (κ3) is 6.68. The van der Waals surface area contributed by atoms with Gasteiger partial charge in [0.25, 0.3) is 11.8 Å². The Hall–Kier alpha value is -2.19. The summed E-state index contributed by atoms with van der Waals surface area (Å²) in [6.07, 6.45) is 2.68. The Bertz CT molecular complexity index is 715. The molecule has 0 unspecified atom stereocenters. The summed E-state index contributed by atoms with van der Waals surface area (Å²) in [5, 5.41) is 11.2. The van der Waals surface area contributed by atoms with Crippen molar-refractivity contribution in [3.8, 4) is 0 Å². The summed E-state index contributed by atoms with van der Waals surface area (Å²) in [4.78, 5) is 54.3. The first-order chi connectivity index (χ1) is 11.8. The molecule has 0 atom stereocenters. The first-order valence-electron chi connectivity index (χ1n) is 7.41. The second-order valence-electron chi connectivity index (χ2n) is 4.72. The molecule has 29 heavy (non-hydrogen) atoms. The molecular weight excluding hydrogens is 453 g/mol. The van der Waals surface area contributed by atoms with Crippen LogP contribution in [-0.2, 0) is 56.7 Å². The summed E-state index contributed by atoms with van der Waals surface area (Å²) in [6, 6.07) is 9.31. The zero-order valence-electron chi connectivity index (χ0n) is 15.5. The maximum Gasteiger partial charge on any atom is 0.328 e. The maximum absolute atomic E-state index is 11.0. The Morgan fingerprint density at radius 2 is 1.41 bits per heavy atom. The molecule has 159 valence electrons. The molecule has 0 aliphatic carbocycles. The fraction of sp³-hybridized carbons (Fsp3) is 0.300. The summed E-state index contributed by atoms with van der Waals surface area (Å²) in [7, 11) is 1.22. The predicted molar refractivity (Wildman–Crippen MR) is 108 cm³/mol. The second-order valence-corrected chi connectivity index (χ2v) is 4.72. The summed E-state index contributed by atoms with van der Waals surface area (Å²) in [5.74, 6) is -4.31. The fourth-order valence-corrected chi connectivity index (χ4v) is 2.03. The van der Waals surface area contributed by atoms with Crippen molar-refractivity contribution < 1.29 is 61.8 Å². The Labute approximate surface area is 197 Å². The number of β-lactam (4-membered cyclic amide) rings is 4. The second kappa shape index (κ2) is 14.8. The van der Waals surface area contributed by atoms with E-state index in [2.05, 4.69) is 5.32 Å². The smallest absolute Gasteiger partial charge is 0.328 e. The summed E-state index contributed by atoms with van der Waals surface area (Å²) < 4.78 is 0. The molecule has 2 fully saturated rings. The van der Waals surface area contributed by atoms with Crippen molar-refractivity contribution in [1.29, 1.82) is 0 Å². The Balaban J connectivity index is -0.000000177. The molecule has 3 rings (SSSR count). The molecule has 1 N–H and O–H groups in total. The maximum atomic E-state index is 11.0. The third-order valence-electron chi connectivity index (χ3n) is 3.31. The number of carbonyl (C=O) groups is 5. The van der Waals surface area contributed by atoms with E-state index in [0.29, 0.717) is 0 Å². The largest absolute Gasteiger partial charge is 0.592 e. The zero-order valence-corrected chi connectivity index (χ0v) is 18.3.